The summed E-state index contributed by atoms with van der Waals surface area (Å²) in [5.74, 6) is 2.69. The molecule has 0 aliphatic heterocycles. The maximum Gasteiger partial charge on any atom is 0.0602 e. The van der Waals surface area contributed by atoms with Crippen molar-refractivity contribution in [3.8, 4) is 0 Å². The Morgan fingerprint density at radius 3 is 2.80 bits per heavy atom. The third kappa shape index (κ3) is 5.45. The molecule has 15 heavy (non-hydrogen) atoms. The van der Waals surface area contributed by atoms with Crippen molar-refractivity contribution in [2.24, 2.45) is 0 Å². The second-order valence-corrected chi connectivity index (χ2v) is 4.76. The number of benzene rings is 1. The van der Waals surface area contributed by atoms with Crippen molar-refractivity contribution >= 4 is 23.4 Å². The Balaban J connectivity index is 2.12. The van der Waals surface area contributed by atoms with Crippen LogP contribution in [-0.2, 0) is 10.5 Å². The van der Waals surface area contributed by atoms with Gasteiger partial charge in [0.25, 0.3) is 0 Å². The maximum absolute atomic E-state index is 5.50. The summed E-state index contributed by atoms with van der Waals surface area (Å²) in [7, 11) is 0. The highest BCUT2D eigenvalue weighted by Crippen LogP contribution is 2.15. The Labute approximate surface area is 101 Å². The first kappa shape index (κ1) is 12.9. The van der Waals surface area contributed by atoms with Gasteiger partial charge in [0.1, 0.15) is 0 Å². The van der Waals surface area contributed by atoms with E-state index in [-0.39, 0.29) is 0 Å². The van der Waals surface area contributed by atoms with Crippen LogP contribution >= 0.6 is 23.4 Å². The van der Waals surface area contributed by atoms with E-state index < -0.39 is 0 Å². The molecule has 0 spiro atoms. The summed E-state index contributed by atoms with van der Waals surface area (Å²) in [6.07, 6.45) is 0. The number of hydrogen-bond donors (Lipinski definition) is 0. The Kier molecular flexibility index (Phi) is 6.90. The third-order valence-corrected chi connectivity index (χ3v) is 3.24. The van der Waals surface area contributed by atoms with Crippen molar-refractivity contribution < 1.29 is 4.74 Å². The molecular weight excluding hydrogens is 228 g/mol. The molecule has 0 saturated carbocycles. The summed E-state index contributed by atoms with van der Waals surface area (Å²) in [4.78, 5) is 0. The highest BCUT2D eigenvalue weighted by atomic mass is 35.5. The predicted molar refractivity (Wildman–Crippen MR) is 68.9 cm³/mol. The van der Waals surface area contributed by atoms with Gasteiger partial charge in [-0.3, -0.25) is 0 Å². The number of aryl methyl sites for hydroxylation is 1. The zero-order valence-corrected chi connectivity index (χ0v) is 10.6. The molecule has 0 aliphatic rings. The minimum Gasteiger partial charge on any atom is -0.379 e. The summed E-state index contributed by atoms with van der Waals surface area (Å²) in [5, 5.41) is 0. The summed E-state index contributed by atoms with van der Waals surface area (Å²) in [6.45, 7) is 3.61. The van der Waals surface area contributed by atoms with Crippen LogP contribution in [0.25, 0.3) is 0 Å². The lowest BCUT2D eigenvalue weighted by atomic mass is 10.1. The molecule has 1 aromatic carbocycles. The number of halogens is 1. The van der Waals surface area contributed by atoms with Crippen molar-refractivity contribution in [2.75, 3.05) is 24.8 Å². The van der Waals surface area contributed by atoms with Crippen molar-refractivity contribution in [3.63, 3.8) is 0 Å². The largest absolute Gasteiger partial charge is 0.379 e. The normalized spacial score (nSPS) is 10.5. The minimum atomic E-state index is 0.586. The summed E-state index contributed by atoms with van der Waals surface area (Å²) in [6, 6.07) is 8.50. The molecule has 0 fully saturated rings. The highest BCUT2D eigenvalue weighted by molar-refractivity contribution is 7.98. The molecule has 0 unspecified atom stereocenters. The molecule has 84 valence electrons. The van der Waals surface area contributed by atoms with Gasteiger partial charge in [0.05, 0.1) is 13.2 Å². The van der Waals surface area contributed by atoms with Gasteiger partial charge >= 0.3 is 0 Å². The van der Waals surface area contributed by atoms with Gasteiger partial charge < -0.3 is 4.74 Å². The molecule has 0 N–H and O–H groups in total. The molecule has 0 bridgehead atoms. The van der Waals surface area contributed by atoms with Crippen molar-refractivity contribution in [2.45, 2.75) is 12.7 Å². The van der Waals surface area contributed by atoms with E-state index in [1.807, 2.05) is 11.8 Å². The van der Waals surface area contributed by atoms with E-state index in [9.17, 15) is 0 Å². The number of hydrogen-bond acceptors (Lipinski definition) is 2. The Hall–Kier alpha value is -0.180. The van der Waals surface area contributed by atoms with Gasteiger partial charge in [-0.1, -0.05) is 24.3 Å². The third-order valence-electron chi connectivity index (χ3n) is 2.11. The molecule has 1 rings (SSSR count). The van der Waals surface area contributed by atoms with E-state index in [1.165, 1.54) is 11.1 Å². The van der Waals surface area contributed by atoms with E-state index in [1.54, 1.807) is 0 Å². The van der Waals surface area contributed by atoms with Crippen LogP contribution < -0.4 is 0 Å². The summed E-state index contributed by atoms with van der Waals surface area (Å²) < 4.78 is 5.30. The van der Waals surface area contributed by atoms with E-state index in [0.717, 1.165) is 18.1 Å². The average Bonchev–Trinajstić information content (AvgIpc) is 2.25. The zero-order valence-electron chi connectivity index (χ0n) is 9.04. The van der Waals surface area contributed by atoms with E-state index in [2.05, 4.69) is 31.2 Å². The molecule has 3 heteroatoms. The predicted octanol–water partition coefficient (Wildman–Crippen LogP) is 3.48. The molecule has 0 aliphatic carbocycles. The number of ether oxygens (including phenoxy) is 1. The second kappa shape index (κ2) is 8.03. The highest BCUT2D eigenvalue weighted by Gasteiger charge is 1.96. The van der Waals surface area contributed by atoms with E-state index >= 15 is 0 Å². The molecule has 0 amide bonds. The lowest BCUT2D eigenvalue weighted by Crippen LogP contribution is -2.00. The van der Waals surface area contributed by atoms with E-state index in [4.69, 9.17) is 16.3 Å². The van der Waals surface area contributed by atoms with Crippen LogP contribution in [0.2, 0.25) is 0 Å². The van der Waals surface area contributed by atoms with Gasteiger partial charge in [0.2, 0.25) is 0 Å². The van der Waals surface area contributed by atoms with E-state index in [0.29, 0.717) is 12.5 Å². The van der Waals surface area contributed by atoms with Gasteiger partial charge in [-0.25, -0.2) is 0 Å². The fourth-order valence-electron chi connectivity index (χ4n) is 1.23. The standard InChI is InChI=1S/C12H17ClOS/c1-11-4-2-3-5-12(11)10-15-9-8-14-7-6-13/h2-5H,6-10H2,1H3. The molecular formula is C12H17ClOS. The van der Waals surface area contributed by atoms with Gasteiger partial charge in [-0.05, 0) is 18.1 Å². The monoisotopic (exact) mass is 244 g/mol. The molecule has 0 heterocycles. The van der Waals surface area contributed by atoms with Crippen LogP contribution in [-0.4, -0.2) is 24.8 Å². The number of thioether (sulfide) groups is 1. The summed E-state index contributed by atoms with van der Waals surface area (Å²) >= 11 is 7.40. The SMILES string of the molecule is Cc1ccccc1CSCCOCCCl. The number of alkyl halides is 1. The lowest BCUT2D eigenvalue weighted by molar-refractivity contribution is 0.166. The van der Waals surface area contributed by atoms with Gasteiger partial charge in [0, 0.05) is 17.4 Å². The second-order valence-electron chi connectivity index (χ2n) is 3.28. The van der Waals surface area contributed by atoms with Crippen LogP contribution in [0.3, 0.4) is 0 Å². The average molecular weight is 245 g/mol. The van der Waals surface area contributed by atoms with Crippen LogP contribution in [0.15, 0.2) is 24.3 Å². The topological polar surface area (TPSA) is 9.23 Å². The Bertz CT molecular complexity index is 278. The maximum atomic E-state index is 5.50. The lowest BCUT2D eigenvalue weighted by Gasteiger charge is -2.05. The fraction of sp³-hybridized carbons (Fsp3) is 0.500. The van der Waals surface area contributed by atoms with Crippen molar-refractivity contribution in [3.05, 3.63) is 35.4 Å². The Morgan fingerprint density at radius 2 is 2.07 bits per heavy atom. The molecule has 1 nitrogen and oxygen atoms in total. The minimum absolute atomic E-state index is 0.586. The zero-order chi connectivity index (χ0) is 10.9. The molecule has 1 aromatic rings. The Morgan fingerprint density at radius 1 is 1.27 bits per heavy atom. The van der Waals surface area contributed by atoms with Gasteiger partial charge in [0.15, 0.2) is 0 Å². The first-order valence-electron chi connectivity index (χ1n) is 5.10. The van der Waals surface area contributed by atoms with Crippen LogP contribution in [0, 0.1) is 6.92 Å². The van der Waals surface area contributed by atoms with Gasteiger partial charge in [-0.15, -0.1) is 11.6 Å². The van der Waals surface area contributed by atoms with Crippen LogP contribution in [0.1, 0.15) is 11.1 Å². The molecule has 0 radical (unpaired) electrons. The first-order chi connectivity index (χ1) is 7.34. The fourth-order valence-corrected chi connectivity index (χ4v) is 2.26. The smallest absolute Gasteiger partial charge is 0.0602 e. The van der Waals surface area contributed by atoms with Crippen LogP contribution in [0.4, 0.5) is 0 Å². The molecule has 0 atom stereocenters. The van der Waals surface area contributed by atoms with Crippen molar-refractivity contribution in [1.82, 2.24) is 0 Å². The van der Waals surface area contributed by atoms with Crippen LogP contribution in [0.5, 0.6) is 0 Å². The summed E-state index contributed by atoms with van der Waals surface area (Å²) in [5.41, 5.74) is 2.78. The molecule has 0 saturated heterocycles. The molecule has 0 aromatic heterocycles. The first-order valence-corrected chi connectivity index (χ1v) is 6.79. The quantitative estimate of drug-likeness (QED) is 0.537. The van der Waals surface area contributed by atoms with Crippen molar-refractivity contribution in [1.29, 1.82) is 0 Å². The number of rotatable bonds is 7. The van der Waals surface area contributed by atoms with Gasteiger partial charge in [-0.2, -0.15) is 11.8 Å².